The van der Waals surface area contributed by atoms with Gasteiger partial charge in [0.1, 0.15) is 24.6 Å². The monoisotopic (exact) mass is 466 g/mol. The van der Waals surface area contributed by atoms with Crippen LogP contribution in [0.5, 0.6) is 11.5 Å². The summed E-state index contributed by atoms with van der Waals surface area (Å²) in [5.41, 5.74) is 1.63. The van der Waals surface area contributed by atoms with Gasteiger partial charge in [-0.1, -0.05) is 30.0 Å². The topological polar surface area (TPSA) is 92.6 Å². The number of aryl methyl sites for hydroxylation is 1. The summed E-state index contributed by atoms with van der Waals surface area (Å²) in [6, 6.07) is 11.5. The van der Waals surface area contributed by atoms with E-state index in [0.717, 1.165) is 13.1 Å². The zero-order valence-electron chi connectivity index (χ0n) is 19.8. The van der Waals surface area contributed by atoms with Crippen LogP contribution in [0.25, 0.3) is 5.76 Å². The highest BCUT2D eigenvalue weighted by molar-refractivity contribution is 6.46. The van der Waals surface area contributed by atoms with E-state index in [1.54, 1.807) is 44.4 Å². The summed E-state index contributed by atoms with van der Waals surface area (Å²) in [6.07, 6.45) is 0. The van der Waals surface area contributed by atoms with Crippen LogP contribution in [-0.4, -0.2) is 70.2 Å². The van der Waals surface area contributed by atoms with Crippen molar-refractivity contribution < 1.29 is 33.8 Å². The third-order valence-electron chi connectivity index (χ3n) is 6.55. The minimum absolute atomic E-state index is 0.0419. The summed E-state index contributed by atoms with van der Waals surface area (Å²) in [5, 5.41) is 13.7. The first-order valence-corrected chi connectivity index (χ1v) is 11.4. The molecule has 0 radical (unpaired) electrons. The smallest absolute Gasteiger partial charge is 0.295 e. The minimum atomic E-state index is -0.814. The second-order valence-electron chi connectivity index (χ2n) is 8.51. The molecule has 0 aromatic heterocycles. The van der Waals surface area contributed by atoms with E-state index < -0.39 is 23.5 Å². The van der Waals surface area contributed by atoms with E-state index in [0.29, 0.717) is 54.5 Å². The Morgan fingerprint density at radius 3 is 2.53 bits per heavy atom. The second-order valence-corrected chi connectivity index (χ2v) is 8.51. The van der Waals surface area contributed by atoms with E-state index in [1.807, 2.05) is 12.1 Å². The standard InChI is InChI=1S/C26H30N2O6/c1-17-16-18(32-2)8-9-19(17)24(29)22-23(20-6-4-5-7-21(20)33-3)28(26(31)25(22)30)11-10-27-12-14-34-15-13-27/h4-9,16,23,29H,10-15H2,1-3H3/b24-22+. The Labute approximate surface area is 199 Å². The van der Waals surface area contributed by atoms with Crippen molar-refractivity contribution in [2.45, 2.75) is 13.0 Å². The number of amides is 1. The Balaban J connectivity index is 1.79. The SMILES string of the molecule is COc1ccc(/C([O-])=C2\C(=O)C(=O)N(CC[NH+]3CCOCC3)C2c2ccccc2OC)c(C)c1. The van der Waals surface area contributed by atoms with E-state index in [1.165, 1.54) is 16.9 Å². The van der Waals surface area contributed by atoms with Crippen molar-refractivity contribution >= 4 is 17.4 Å². The maximum absolute atomic E-state index is 13.7. The predicted molar refractivity (Wildman–Crippen MR) is 123 cm³/mol. The molecule has 8 heteroatoms. The first-order chi connectivity index (χ1) is 16.5. The van der Waals surface area contributed by atoms with Gasteiger partial charge in [-0.3, -0.25) is 9.59 Å². The first kappa shape index (κ1) is 23.8. The Morgan fingerprint density at radius 2 is 1.85 bits per heavy atom. The van der Waals surface area contributed by atoms with Crippen LogP contribution in [0.15, 0.2) is 48.0 Å². The number of Topliss-reactive ketones (excluding diaryl/α,β-unsaturated/α-hetero) is 1. The van der Waals surface area contributed by atoms with E-state index >= 15 is 0 Å². The van der Waals surface area contributed by atoms with Gasteiger partial charge in [-0.2, -0.15) is 0 Å². The lowest BCUT2D eigenvalue weighted by Gasteiger charge is -2.31. The van der Waals surface area contributed by atoms with E-state index in [2.05, 4.69) is 0 Å². The lowest BCUT2D eigenvalue weighted by atomic mass is 9.93. The van der Waals surface area contributed by atoms with Crippen LogP contribution in [0.2, 0.25) is 0 Å². The molecule has 8 nitrogen and oxygen atoms in total. The van der Waals surface area contributed by atoms with Gasteiger partial charge in [0, 0.05) is 11.1 Å². The third kappa shape index (κ3) is 4.51. The number of quaternary nitrogens is 1. The number of ether oxygens (including phenoxy) is 3. The predicted octanol–water partition coefficient (Wildman–Crippen LogP) is 0.151. The number of morpholine rings is 1. The van der Waals surface area contributed by atoms with Crippen LogP contribution in [0, 0.1) is 6.92 Å². The first-order valence-electron chi connectivity index (χ1n) is 11.4. The maximum atomic E-state index is 13.7. The maximum Gasteiger partial charge on any atom is 0.295 e. The number of likely N-dealkylation sites (tertiary alicyclic amines) is 1. The van der Waals surface area contributed by atoms with Gasteiger partial charge in [0.05, 0.1) is 46.6 Å². The molecule has 2 aliphatic heterocycles. The molecular formula is C26H30N2O6. The number of nitrogens with one attached hydrogen (secondary N) is 1. The Hall–Kier alpha value is -3.36. The molecule has 2 aromatic rings. The van der Waals surface area contributed by atoms with Gasteiger partial charge in [-0.15, -0.1) is 0 Å². The molecule has 2 aliphatic rings. The molecule has 0 aliphatic carbocycles. The molecule has 0 bridgehead atoms. The fourth-order valence-electron chi connectivity index (χ4n) is 4.67. The van der Waals surface area contributed by atoms with Crippen molar-refractivity contribution in [3.63, 3.8) is 0 Å². The summed E-state index contributed by atoms with van der Waals surface area (Å²) in [6.45, 7) is 5.83. The highest BCUT2D eigenvalue weighted by atomic mass is 16.5. The van der Waals surface area contributed by atoms with Crippen molar-refractivity contribution in [1.82, 2.24) is 4.90 Å². The molecule has 34 heavy (non-hydrogen) atoms. The van der Waals surface area contributed by atoms with Crippen LogP contribution in [0.3, 0.4) is 0 Å². The van der Waals surface area contributed by atoms with Crippen LogP contribution in [-0.2, 0) is 14.3 Å². The van der Waals surface area contributed by atoms with Crippen molar-refractivity contribution in [2.24, 2.45) is 0 Å². The van der Waals surface area contributed by atoms with Crippen molar-refractivity contribution in [3.8, 4) is 11.5 Å². The highest BCUT2D eigenvalue weighted by Gasteiger charge is 2.45. The number of rotatable bonds is 7. The highest BCUT2D eigenvalue weighted by Crippen LogP contribution is 2.42. The molecule has 180 valence electrons. The number of nitrogens with zero attached hydrogens (tertiary/aromatic N) is 1. The van der Waals surface area contributed by atoms with Crippen molar-refractivity contribution in [2.75, 3.05) is 53.6 Å². The fourth-order valence-corrected chi connectivity index (χ4v) is 4.67. The fraction of sp³-hybridized carbons (Fsp3) is 0.385. The summed E-state index contributed by atoms with van der Waals surface area (Å²) in [4.78, 5) is 29.3. The van der Waals surface area contributed by atoms with Crippen molar-refractivity contribution in [1.29, 1.82) is 0 Å². The summed E-state index contributed by atoms with van der Waals surface area (Å²) < 4.78 is 16.2. The number of hydrogen-bond donors (Lipinski definition) is 1. The zero-order valence-corrected chi connectivity index (χ0v) is 19.8. The molecular weight excluding hydrogens is 436 g/mol. The Kier molecular flexibility index (Phi) is 7.19. The number of hydrogen-bond acceptors (Lipinski definition) is 6. The second kappa shape index (κ2) is 10.3. The zero-order chi connectivity index (χ0) is 24.2. The molecule has 1 N–H and O–H groups in total. The molecule has 1 atom stereocenters. The largest absolute Gasteiger partial charge is 0.872 e. The van der Waals surface area contributed by atoms with Gasteiger partial charge in [-0.05, 0) is 36.2 Å². The molecule has 1 unspecified atom stereocenters. The van der Waals surface area contributed by atoms with E-state index in [4.69, 9.17) is 14.2 Å². The number of carbonyl (C=O) groups is 2. The van der Waals surface area contributed by atoms with Gasteiger partial charge in [0.15, 0.2) is 0 Å². The van der Waals surface area contributed by atoms with Gasteiger partial charge < -0.3 is 29.1 Å². The Bertz CT molecular complexity index is 1110. The van der Waals surface area contributed by atoms with Gasteiger partial charge >= 0.3 is 0 Å². The number of ketones is 1. The van der Waals surface area contributed by atoms with Crippen molar-refractivity contribution in [3.05, 3.63) is 64.7 Å². The number of para-hydroxylation sites is 1. The lowest BCUT2D eigenvalue weighted by molar-refractivity contribution is -0.907. The average Bonchev–Trinajstić information content (AvgIpc) is 3.12. The molecule has 4 rings (SSSR count). The van der Waals surface area contributed by atoms with E-state index in [9.17, 15) is 14.7 Å². The normalized spacial score (nSPS) is 20.6. The molecule has 1 amide bonds. The quantitative estimate of drug-likeness (QED) is 0.355. The number of benzene rings is 2. The molecule has 0 spiro atoms. The lowest BCUT2D eigenvalue weighted by Crippen LogP contribution is -3.14. The van der Waals surface area contributed by atoms with Gasteiger partial charge in [0.25, 0.3) is 5.91 Å². The number of methoxy groups -OCH3 is 2. The summed E-state index contributed by atoms with van der Waals surface area (Å²) in [7, 11) is 3.09. The van der Waals surface area contributed by atoms with Crippen LogP contribution in [0.1, 0.15) is 22.7 Å². The summed E-state index contributed by atoms with van der Waals surface area (Å²) in [5.74, 6) is -0.721. The van der Waals surface area contributed by atoms with Crippen LogP contribution in [0.4, 0.5) is 0 Å². The third-order valence-corrected chi connectivity index (χ3v) is 6.55. The molecule has 2 fully saturated rings. The van der Waals surface area contributed by atoms with Gasteiger partial charge in [0.2, 0.25) is 5.78 Å². The molecule has 0 saturated carbocycles. The van der Waals surface area contributed by atoms with Crippen LogP contribution < -0.4 is 19.5 Å². The molecule has 2 saturated heterocycles. The van der Waals surface area contributed by atoms with E-state index in [-0.39, 0.29) is 5.57 Å². The van der Waals surface area contributed by atoms with Gasteiger partial charge in [-0.25, -0.2) is 0 Å². The molecule has 2 heterocycles. The minimum Gasteiger partial charge on any atom is -0.872 e. The average molecular weight is 467 g/mol. The number of carbonyl (C=O) groups excluding carboxylic acids is 2. The summed E-state index contributed by atoms with van der Waals surface area (Å²) >= 11 is 0. The van der Waals surface area contributed by atoms with Crippen LogP contribution >= 0.6 is 0 Å². The molecule has 2 aromatic carbocycles. The Morgan fingerprint density at radius 1 is 1.12 bits per heavy atom.